The summed E-state index contributed by atoms with van der Waals surface area (Å²) in [6.07, 6.45) is 9.00. The normalized spacial score (nSPS) is 42.7. The summed E-state index contributed by atoms with van der Waals surface area (Å²) in [6.45, 7) is 13.1. The molecule has 0 aromatic heterocycles. The second-order valence-electron chi connectivity index (χ2n) is 14.4. The van der Waals surface area contributed by atoms with E-state index in [1.807, 2.05) is 0 Å². The number of hydrogen-bond acceptors (Lipinski definition) is 6. The Balaban J connectivity index is 1.24. The maximum atomic E-state index is 13.7. The predicted molar refractivity (Wildman–Crippen MR) is 152 cm³/mol. The van der Waals surface area contributed by atoms with E-state index in [1.54, 1.807) is 0 Å². The minimum atomic E-state index is -0.548. The number of carbonyl (C=O) groups is 3. The van der Waals surface area contributed by atoms with Crippen LogP contribution in [0, 0.1) is 63.6 Å². The molecule has 4 saturated carbocycles. The van der Waals surface area contributed by atoms with Crippen LogP contribution in [0.2, 0.25) is 0 Å². The first-order valence-electron chi connectivity index (χ1n) is 15.8. The zero-order chi connectivity index (χ0) is 28.3. The molecule has 1 heterocycles. The van der Waals surface area contributed by atoms with Crippen LogP contribution >= 0.6 is 0 Å². The third kappa shape index (κ3) is 4.25. The Morgan fingerprint density at radius 2 is 1.82 bits per heavy atom. The summed E-state index contributed by atoms with van der Waals surface area (Å²) in [4.78, 5) is 42.9. The van der Waals surface area contributed by atoms with Crippen LogP contribution in [0.25, 0.3) is 0 Å². The number of esters is 1. The van der Waals surface area contributed by atoms with Gasteiger partial charge in [-0.3, -0.25) is 19.3 Å². The van der Waals surface area contributed by atoms with Gasteiger partial charge in [-0.1, -0.05) is 50.7 Å². The molecule has 0 amide bonds. The van der Waals surface area contributed by atoms with Crippen LogP contribution in [0.4, 0.5) is 0 Å². The maximum absolute atomic E-state index is 13.7. The Bertz CT molecular complexity index is 1160. The SMILES string of the molecule is CC(C)C1=C[C@@]23CC[C@@H]4[C@](C)(CCC[C@@]4(C)C(=O)OCC#CCN4CCOCC4)[C@H]2C[C@@H]1[C@H]1C(=O)CCC(=O)[C@H]13. The van der Waals surface area contributed by atoms with Gasteiger partial charge in [0.1, 0.15) is 11.6 Å². The van der Waals surface area contributed by atoms with Gasteiger partial charge in [-0.2, -0.15) is 0 Å². The van der Waals surface area contributed by atoms with E-state index in [9.17, 15) is 14.4 Å². The number of hydrogen-bond donors (Lipinski definition) is 0. The number of allylic oxidation sites excluding steroid dienone is 2. The van der Waals surface area contributed by atoms with Crippen LogP contribution in [-0.2, 0) is 23.9 Å². The van der Waals surface area contributed by atoms with Gasteiger partial charge in [0, 0.05) is 43.2 Å². The van der Waals surface area contributed by atoms with Gasteiger partial charge in [0.25, 0.3) is 0 Å². The standard InChI is InChI=1S/C34H47NO5/c1-22(2)24-21-34-13-10-27-32(3,28(34)20-23(24)29-25(36)8-9-26(37)30(29)34)11-7-12-33(27,4)31(38)40-17-6-5-14-35-15-18-39-19-16-35/h21-23,27-30H,7-20H2,1-4H3/t23-,27+,28+,29-,30+,32-,33+,34-/m0/s1. The van der Waals surface area contributed by atoms with Crippen molar-refractivity contribution in [3.8, 4) is 11.8 Å². The highest BCUT2D eigenvalue weighted by Crippen LogP contribution is 2.74. The summed E-state index contributed by atoms with van der Waals surface area (Å²) < 4.78 is 11.3. The molecule has 1 aliphatic heterocycles. The number of morpholine rings is 1. The van der Waals surface area contributed by atoms with Crippen molar-refractivity contribution in [2.45, 2.75) is 79.1 Å². The van der Waals surface area contributed by atoms with Crippen molar-refractivity contribution in [3.63, 3.8) is 0 Å². The average Bonchev–Trinajstić information content (AvgIpc) is 2.94. The summed E-state index contributed by atoms with van der Waals surface area (Å²) in [7, 11) is 0. The van der Waals surface area contributed by atoms with Crippen molar-refractivity contribution >= 4 is 17.5 Å². The summed E-state index contributed by atoms with van der Waals surface area (Å²) in [5, 5.41) is 0. The lowest BCUT2D eigenvalue weighted by atomic mass is 9.33. The number of Topliss-reactive ketones (excluding diaryl/α,β-unsaturated/α-hetero) is 2. The molecular weight excluding hydrogens is 502 g/mol. The first kappa shape index (κ1) is 28.2. The molecule has 0 radical (unpaired) electrons. The molecule has 40 heavy (non-hydrogen) atoms. The zero-order valence-corrected chi connectivity index (χ0v) is 24.9. The van der Waals surface area contributed by atoms with E-state index in [-0.39, 0.29) is 47.1 Å². The number of ketones is 2. The van der Waals surface area contributed by atoms with Gasteiger partial charge in [0.05, 0.1) is 25.2 Å². The topological polar surface area (TPSA) is 72.9 Å². The molecule has 1 spiro atoms. The van der Waals surface area contributed by atoms with Gasteiger partial charge < -0.3 is 9.47 Å². The Morgan fingerprint density at radius 1 is 1.07 bits per heavy atom. The molecule has 0 N–H and O–H groups in total. The maximum Gasteiger partial charge on any atom is 0.313 e. The van der Waals surface area contributed by atoms with E-state index < -0.39 is 5.41 Å². The molecule has 1 saturated heterocycles. The number of fused-ring (bicyclic) bond motifs is 1. The van der Waals surface area contributed by atoms with E-state index in [0.717, 1.165) is 64.8 Å². The molecule has 8 atom stereocenters. The van der Waals surface area contributed by atoms with Gasteiger partial charge >= 0.3 is 5.97 Å². The first-order valence-corrected chi connectivity index (χ1v) is 15.8. The molecule has 0 aromatic rings. The van der Waals surface area contributed by atoms with E-state index in [0.29, 0.717) is 42.8 Å². The smallest absolute Gasteiger partial charge is 0.313 e. The lowest BCUT2D eigenvalue weighted by molar-refractivity contribution is -0.202. The number of ether oxygens (including phenoxy) is 2. The molecule has 0 aromatic carbocycles. The van der Waals surface area contributed by atoms with Gasteiger partial charge in [-0.15, -0.1) is 0 Å². The molecule has 6 nitrogen and oxygen atoms in total. The largest absolute Gasteiger partial charge is 0.452 e. The van der Waals surface area contributed by atoms with Crippen LogP contribution in [0.5, 0.6) is 0 Å². The fraction of sp³-hybridized carbons (Fsp3) is 0.794. The lowest BCUT2D eigenvalue weighted by Gasteiger charge is -2.70. The summed E-state index contributed by atoms with van der Waals surface area (Å²) in [5.41, 5.74) is 0.559. The van der Waals surface area contributed by atoms with Crippen molar-refractivity contribution in [2.24, 2.45) is 51.8 Å². The second kappa shape index (κ2) is 10.4. The van der Waals surface area contributed by atoms with Crippen LogP contribution in [0.15, 0.2) is 11.6 Å². The Hall–Kier alpha value is -1.97. The zero-order valence-electron chi connectivity index (χ0n) is 24.9. The van der Waals surface area contributed by atoms with Crippen molar-refractivity contribution in [1.29, 1.82) is 0 Å². The summed E-state index contributed by atoms with van der Waals surface area (Å²) in [6, 6.07) is 0. The van der Waals surface area contributed by atoms with Crippen molar-refractivity contribution in [1.82, 2.24) is 4.90 Å². The van der Waals surface area contributed by atoms with Crippen molar-refractivity contribution < 1.29 is 23.9 Å². The summed E-state index contributed by atoms with van der Waals surface area (Å²) >= 11 is 0. The molecular formula is C34H47NO5. The second-order valence-corrected chi connectivity index (χ2v) is 14.4. The van der Waals surface area contributed by atoms with Crippen molar-refractivity contribution in [3.05, 3.63) is 11.6 Å². The third-order valence-corrected chi connectivity index (χ3v) is 12.3. The lowest BCUT2D eigenvalue weighted by Crippen LogP contribution is -2.67. The van der Waals surface area contributed by atoms with Crippen LogP contribution in [0.3, 0.4) is 0 Å². The Kier molecular flexibility index (Phi) is 7.31. The predicted octanol–water partition coefficient (Wildman–Crippen LogP) is 4.85. The van der Waals surface area contributed by atoms with Gasteiger partial charge in [-0.05, 0) is 68.1 Å². The average molecular weight is 550 g/mol. The van der Waals surface area contributed by atoms with Crippen molar-refractivity contribution in [2.75, 3.05) is 39.5 Å². The minimum absolute atomic E-state index is 0.0602. The first-order chi connectivity index (χ1) is 19.1. The fourth-order valence-electron chi connectivity index (χ4n) is 10.6. The van der Waals surface area contributed by atoms with E-state index in [1.165, 1.54) is 5.57 Å². The highest BCUT2D eigenvalue weighted by Gasteiger charge is 2.70. The Morgan fingerprint density at radius 3 is 2.58 bits per heavy atom. The third-order valence-electron chi connectivity index (χ3n) is 12.3. The van der Waals surface area contributed by atoms with Gasteiger partial charge in [0.15, 0.2) is 6.61 Å². The number of nitrogens with zero attached hydrogens (tertiary/aromatic N) is 1. The highest BCUT2D eigenvalue weighted by molar-refractivity contribution is 5.98. The molecule has 7 rings (SSSR count). The van der Waals surface area contributed by atoms with E-state index in [4.69, 9.17) is 9.47 Å². The van der Waals surface area contributed by atoms with Crippen LogP contribution in [-0.4, -0.2) is 61.9 Å². The molecule has 7 aliphatic rings. The molecule has 2 bridgehead atoms. The quantitative estimate of drug-likeness (QED) is 0.284. The van der Waals surface area contributed by atoms with Gasteiger partial charge in [0.2, 0.25) is 0 Å². The Labute approximate surface area is 240 Å². The molecule has 0 unspecified atom stereocenters. The number of rotatable bonds is 4. The molecule has 6 heteroatoms. The van der Waals surface area contributed by atoms with E-state index >= 15 is 0 Å². The van der Waals surface area contributed by atoms with Crippen LogP contribution in [0.1, 0.15) is 79.1 Å². The summed E-state index contributed by atoms with van der Waals surface area (Å²) in [5.74, 6) is 7.55. The van der Waals surface area contributed by atoms with Crippen LogP contribution < -0.4 is 0 Å². The fourth-order valence-corrected chi connectivity index (χ4v) is 10.6. The number of carbonyl (C=O) groups excluding carboxylic acids is 3. The molecule has 6 aliphatic carbocycles. The highest BCUT2D eigenvalue weighted by atomic mass is 16.5. The minimum Gasteiger partial charge on any atom is -0.452 e. The monoisotopic (exact) mass is 549 g/mol. The van der Waals surface area contributed by atoms with Gasteiger partial charge in [-0.25, -0.2) is 0 Å². The molecule has 5 fully saturated rings. The molecule has 218 valence electrons. The van der Waals surface area contributed by atoms with E-state index in [2.05, 4.69) is 50.5 Å².